The molecule has 0 aromatic heterocycles. The van der Waals surface area contributed by atoms with Gasteiger partial charge in [-0.2, -0.15) is 0 Å². The molecule has 0 spiro atoms. The maximum atomic E-state index is 3.54. The van der Waals surface area contributed by atoms with E-state index in [9.17, 15) is 0 Å². The van der Waals surface area contributed by atoms with Crippen molar-refractivity contribution in [2.75, 3.05) is 13.1 Å². The largest absolute Gasteiger partial charge is 0.310 e. The van der Waals surface area contributed by atoms with Crippen LogP contribution >= 0.6 is 0 Å². The molecule has 0 rings (SSSR count). The predicted molar refractivity (Wildman–Crippen MR) is 35.8 cm³/mol. The Morgan fingerprint density at radius 3 is 1.75 bits per heavy atom. The van der Waals surface area contributed by atoms with Gasteiger partial charge >= 0.3 is 0 Å². The van der Waals surface area contributed by atoms with Gasteiger partial charge in [0, 0.05) is 13.1 Å². The molecular formula is C6H12FN. The van der Waals surface area contributed by atoms with Crippen LogP contribution in [0.25, 0.3) is 0 Å². The van der Waals surface area contributed by atoms with E-state index in [1.165, 1.54) is 0 Å². The van der Waals surface area contributed by atoms with Crippen molar-refractivity contribution in [2.24, 2.45) is 0 Å². The van der Waals surface area contributed by atoms with E-state index >= 15 is 0 Å². The average Bonchev–Trinajstić information content (AvgIpc) is 1.69. The molecular weight excluding hydrogens is 105 g/mol. The molecule has 0 saturated heterocycles. The molecule has 0 fully saturated rings. The Labute approximate surface area is 49.5 Å². The molecule has 1 nitrogen and oxygen atoms in total. The van der Waals surface area contributed by atoms with Crippen LogP contribution in [0.5, 0.6) is 0 Å². The van der Waals surface area contributed by atoms with Crippen LogP contribution in [-0.2, 0) is 0 Å². The molecule has 0 unspecified atom stereocenters. The molecule has 1 N–H and O–H groups in total. The molecule has 0 amide bonds. The number of halogens is 1. The lowest BCUT2D eigenvalue weighted by molar-refractivity contribution is 0.845. The molecule has 0 atom stereocenters. The first-order valence-corrected chi connectivity index (χ1v) is 2.34. The van der Waals surface area contributed by atoms with Gasteiger partial charge in [-0.15, -0.1) is 13.2 Å². The molecule has 0 aromatic carbocycles. The molecule has 8 heavy (non-hydrogen) atoms. The first kappa shape index (κ1) is 10.4. The molecule has 2 heteroatoms. The zero-order valence-electron chi connectivity index (χ0n) is 4.89. The molecule has 0 aliphatic heterocycles. The summed E-state index contributed by atoms with van der Waals surface area (Å²) in [7, 11) is 0. The van der Waals surface area contributed by atoms with E-state index in [1.54, 1.807) is 0 Å². The van der Waals surface area contributed by atoms with Crippen LogP contribution < -0.4 is 5.32 Å². The van der Waals surface area contributed by atoms with Gasteiger partial charge in [0.25, 0.3) is 0 Å². The molecule has 0 radical (unpaired) electrons. The summed E-state index contributed by atoms with van der Waals surface area (Å²) < 4.78 is 0. The molecule has 0 aliphatic carbocycles. The molecule has 0 aliphatic rings. The van der Waals surface area contributed by atoms with Gasteiger partial charge in [0.15, 0.2) is 0 Å². The summed E-state index contributed by atoms with van der Waals surface area (Å²) in [5, 5.41) is 3.05. The van der Waals surface area contributed by atoms with Crippen LogP contribution in [0.2, 0.25) is 0 Å². The summed E-state index contributed by atoms with van der Waals surface area (Å²) in [6.45, 7) is 8.81. The molecule has 0 saturated carbocycles. The molecule has 0 aromatic rings. The van der Waals surface area contributed by atoms with E-state index in [0.717, 1.165) is 13.1 Å². The molecule has 0 bridgehead atoms. The fraction of sp³-hybridized carbons (Fsp3) is 0.333. The van der Waals surface area contributed by atoms with Crippen LogP contribution in [-0.4, -0.2) is 13.1 Å². The van der Waals surface area contributed by atoms with Crippen LogP contribution in [0.1, 0.15) is 0 Å². The quantitative estimate of drug-likeness (QED) is 0.429. The lowest BCUT2D eigenvalue weighted by atomic mass is 10.5. The van der Waals surface area contributed by atoms with Crippen molar-refractivity contribution >= 4 is 0 Å². The van der Waals surface area contributed by atoms with Crippen molar-refractivity contribution in [3.8, 4) is 0 Å². The van der Waals surface area contributed by atoms with Crippen LogP contribution in [0.15, 0.2) is 25.3 Å². The summed E-state index contributed by atoms with van der Waals surface area (Å²) >= 11 is 0. The zero-order valence-corrected chi connectivity index (χ0v) is 4.89. The van der Waals surface area contributed by atoms with Gasteiger partial charge in [-0.25, -0.2) is 0 Å². The summed E-state index contributed by atoms with van der Waals surface area (Å²) in [6, 6.07) is 0. The maximum Gasteiger partial charge on any atom is 0.0135 e. The van der Waals surface area contributed by atoms with Gasteiger partial charge < -0.3 is 5.32 Å². The van der Waals surface area contributed by atoms with E-state index in [4.69, 9.17) is 0 Å². The summed E-state index contributed by atoms with van der Waals surface area (Å²) in [5.74, 6) is 0. The fourth-order valence-electron chi connectivity index (χ4n) is 0.287. The highest BCUT2D eigenvalue weighted by Crippen LogP contribution is 1.59. The average molecular weight is 117 g/mol. The third kappa shape index (κ3) is 9.03. The maximum absolute atomic E-state index is 3.54. The Balaban J connectivity index is 0. The second kappa shape index (κ2) is 9.62. The van der Waals surface area contributed by atoms with Crippen molar-refractivity contribution in [2.45, 2.75) is 0 Å². The first-order chi connectivity index (χ1) is 3.41. The lowest BCUT2D eigenvalue weighted by Gasteiger charge is -1.90. The third-order valence-corrected chi connectivity index (χ3v) is 0.577. The number of rotatable bonds is 4. The van der Waals surface area contributed by atoms with Gasteiger partial charge in [-0.1, -0.05) is 12.2 Å². The van der Waals surface area contributed by atoms with E-state index in [2.05, 4.69) is 18.5 Å². The highest BCUT2D eigenvalue weighted by Gasteiger charge is 1.69. The topological polar surface area (TPSA) is 12.0 Å². The minimum absolute atomic E-state index is 0. The second-order valence-electron chi connectivity index (χ2n) is 1.24. The summed E-state index contributed by atoms with van der Waals surface area (Å²) in [6.07, 6.45) is 3.65. The van der Waals surface area contributed by atoms with Gasteiger partial charge in [0.2, 0.25) is 0 Å². The second-order valence-corrected chi connectivity index (χ2v) is 1.24. The SMILES string of the molecule is C=CCNCC=C.F. The van der Waals surface area contributed by atoms with Gasteiger partial charge in [0.1, 0.15) is 0 Å². The standard InChI is InChI=1S/C6H11N.FH/c1-3-5-7-6-4-2;/h3-4,7H,1-2,5-6H2;1H. The van der Waals surface area contributed by atoms with Crippen LogP contribution in [0.4, 0.5) is 4.70 Å². The van der Waals surface area contributed by atoms with Crippen LogP contribution in [0.3, 0.4) is 0 Å². The lowest BCUT2D eigenvalue weighted by Crippen LogP contribution is -2.11. The highest BCUT2D eigenvalue weighted by atomic mass is 19.0. The summed E-state index contributed by atoms with van der Waals surface area (Å²) in [5.41, 5.74) is 0. The van der Waals surface area contributed by atoms with Gasteiger partial charge in [0.05, 0.1) is 0 Å². The van der Waals surface area contributed by atoms with Gasteiger partial charge in [-0.3, -0.25) is 4.70 Å². The van der Waals surface area contributed by atoms with Crippen molar-refractivity contribution in [3.05, 3.63) is 25.3 Å². The number of hydrogen-bond acceptors (Lipinski definition) is 1. The predicted octanol–water partition coefficient (Wildman–Crippen LogP) is 1.10. The molecule has 48 valence electrons. The van der Waals surface area contributed by atoms with Crippen molar-refractivity contribution in [1.29, 1.82) is 0 Å². The normalized spacial score (nSPS) is 7.00. The Morgan fingerprint density at radius 2 is 1.50 bits per heavy atom. The monoisotopic (exact) mass is 117 g/mol. The van der Waals surface area contributed by atoms with Crippen LogP contribution in [0, 0.1) is 0 Å². The minimum atomic E-state index is 0. The zero-order chi connectivity index (χ0) is 5.54. The Hall–Kier alpha value is -0.630. The summed E-state index contributed by atoms with van der Waals surface area (Å²) in [4.78, 5) is 0. The first-order valence-electron chi connectivity index (χ1n) is 2.34. The Kier molecular flexibility index (Phi) is 12.5. The fourth-order valence-corrected chi connectivity index (χ4v) is 0.287. The van der Waals surface area contributed by atoms with Crippen molar-refractivity contribution < 1.29 is 4.70 Å². The van der Waals surface area contributed by atoms with Crippen molar-refractivity contribution in [1.82, 2.24) is 5.32 Å². The number of nitrogens with one attached hydrogen (secondary N) is 1. The van der Waals surface area contributed by atoms with E-state index in [1.807, 2.05) is 12.2 Å². The van der Waals surface area contributed by atoms with E-state index < -0.39 is 0 Å². The highest BCUT2D eigenvalue weighted by molar-refractivity contribution is 4.75. The van der Waals surface area contributed by atoms with E-state index in [0.29, 0.717) is 0 Å². The minimum Gasteiger partial charge on any atom is -0.310 e. The van der Waals surface area contributed by atoms with Crippen molar-refractivity contribution in [3.63, 3.8) is 0 Å². The number of hydrogen-bond donors (Lipinski definition) is 1. The Morgan fingerprint density at radius 1 is 1.12 bits per heavy atom. The third-order valence-electron chi connectivity index (χ3n) is 0.577. The van der Waals surface area contributed by atoms with E-state index in [-0.39, 0.29) is 4.70 Å². The molecule has 0 heterocycles. The smallest absolute Gasteiger partial charge is 0.0135 e. The Bertz CT molecular complexity index is 53.5. The van der Waals surface area contributed by atoms with Gasteiger partial charge in [-0.05, 0) is 0 Å².